The van der Waals surface area contributed by atoms with Crippen molar-refractivity contribution in [2.45, 2.75) is 65.8 Å². The van der Waals surface area contributed by atoms with Crippen LogP contribution in [0.25, 0.3) is 11.0 Å². The third-order valence-electron chi connectivity index (χ3n) is 5.65. The summed E-state index contributed by atoms with van der Waals surface area (Å²) in [6.07, 6.45) is 4.17. The number of carbonyl (C=O) groups excluding carboxylic acids is 2. The van der Waals surface area contributed by atoms with Gasteiger partial charge in [0.05, 0.1) is 23.3 Å². The number of esters is 1. The third-order valence-corrected chi connectivity index (χ3v) is 5.65. The van der Waals surface area contributed by atoms with Crippen LogP contribution in [0.3, 0.4) is 0 Å². The van der Waals surface area contributed by atoms with Crippen LogP contribution >= 0.6 is 0 Å². The molecular formula is C22H33N5O3. The van der Waals surface area contributed by atoms with Crippen molar-refractivity contribution < 1.29 is 14.3 Å². The maximum absolute atomic E-state index is 12.8. The molecule has 1 atom stereocenters. The lowest BCUT2D eigenvalue weighted by molar-refractivity contribution is -0.145. The number of hydrogen-bond donors (Lipinski definition) is 2. The lowest BCUT2D eigenvalue weighted by Crippen LogP contribution is -2.50. The molecule has 1 fully saturated rings. The number of amides is 2. The van der Waals surface area contributed by atoms with E-state index >= 15 is 0 Å². The van der Waals surface area contributed by atoms with Gasteiger partial charge in [0.2, 0.25) is 0 Å². The van der Waals surface area contributed by atoms with Crippen molar-refractivity contribution in [1.82, 2.24) is 25.2 Å². The van der Waals surface area contributed by atoms with Crippen LogP contribution in [-0.2, 0) is 9.53 Å². The first-order valence-corrected chi connectivity index (χ1v) is 10.8. The summed E-state index contributed by atoms with van der Waals surface area (Å²) in [4.78, 5) is 39.3. The second kappa shape index (κ2) is 9.45. The number of rotatable bonds is 6. The lowest BCUT2D eigenvalue weighted by Gasteiger charge is -2.33. The first-order valence-electron chi connectivity index (χ1n) is 10.8. The molecule has 0 aromatic carbocycles. The minimum Gasteiger partial charge on any atom is -0.464 e. The van der Waals surface area contributed by atoms with Crippen molar-refractivity contribution in [1.29, 1.82) is 0 Å². The van der Waals surface area contributed by atoms with Crippen molar-refractivity contribution >= 4 is 23.0 Å². The van der Waals surface area contributed by atoms with Gasteiger partial charge >= 0.3 is 12.0 Å². The quantitative estimate of drug-likeness (QED) is 0.704. The third kappa shape index (κ3) is 4.91. The second-order valence-electron chi connectivity index (χ2n) is 8.49. The predicted octanol–water partition coefficient (Wildman–Crippen LogP) is 3.44. The molecule has 8 heteroatoms. The average Bonchev–Trinajstić information content (AvgIpc) is 3.10. The Morgan fingerprint density at radius 1 is 1.30 bits per heavy atom. The predicted molar refractivity (Wildman–Crippen MR) is 115 cm³/mol. The van der Waals surface area contributed by atoms with Crippen molar-refractivity contribution in [2.75, 3.05) is 19.7 Å². The molecule has 2 N–H and O–H groups in total. The van der Waals surface area contributed by atoms with Gasteiger partial charge in [0.1, 0.15) is 11.9 Å². The zero-order chi connectivity index (χ0) is 21.8. The fourth-order valence-electron chi connectivity index (χ4n) is 4.12. The first-order chi connectivity index (χ1) is 14.3. The van der Waals surface area contributed by atoms with Gasteiger partial charge in [-0.1, -0.05) is 13.8 Å². The summed E-state index contributed by atoms with van der Waals surface area (Å²) in [6, 6.07) is -0.807. The summed E-state index contributed by atoms with van der Waals surface area (Å²) in [7, 11) is 0. The second-order valence-corrected chi connectivity index (χ2v) is 8.49. The van der Waals surface area contributed by atoms with Gasteiger partial charge in [0.25, 0.3) is 0 Å². The van der Waals surface area contributed by atoms with Gasteiger partial charge in [-0.2, -0.15) is 0 Å². The highest BCUT2D eigenvalue weighted by atomic mass is 16.5. The molecule has 1 aliphatic heterocycles. The van der Waals surface area contributed by atoms with Crippen LogP contribution in [-0.4, -0.2) is 57.6 Å². The minimum atomic E-state index is -0.608. The standard InChI is InChI=1S/C22H33N5O3/c1-6-30-21(28)18(11-13(2)3)26-22(29)27-9-7-16(8-10-27)17-12-23-14(4)19-20(17)25-15(5)24-19/h12-13,16,18H,6-11H2,1-5H3,(H,24,25)(H,26,29). The van der Waals surface area contributed by atoms with Crippen LogP contribution in [0.4, 0.5) is 4.79 Å². The molecule has 0 saturated carbocycles. The summed E-state index contributed by atoms with van der Waals surface area (Å²) in [5, 5.41) is 2.88. The number of imidazole rings is 1. The molecule has 2 amide bonds. The molecule has 1 aliphatic rings. The lowest BCUT2D eigenvalue weighted by atomic mass is 9.89. The van der Waals surface area contributed by atoms with E-state index in [-0.39, 0.29) is 17.9 Å². The van der Waals surface area contributed by atoms with Gasteiger partial charge < -0.3 is 19.9 Å². The van der Waals surface area contributed by atoms with Gasteiger partial charge in [-0.05, 0) is 51.9 Å². The molecule has 0 radical (unpaired) electrons. The summed E-state index contributed by atoms with van der Waals surface area (Å²) >= 11 is 0. The van der Waals surface area contributed by atoms with E-state index in [2.05, 4.69) is 20.3 Å². The van der Waals surface area contributed by atoms with Crippen molar-refractivity contribution in [3.63, 3.8) is 0 Å². The molecule has 30 heavy (non-hydrogen) atoms. The van der Waals surface area contributed by atoms with E-state index in [1.807, 2.05) is 33.9 Å². The fourth-order valence-corrected chi connectivity index (χ4v) is 4.12. The highest BCUT2D eigenvalue weighted by Gasteiger charge is 2.29. The maximum atomic E-state index is 12.8. The zero-order valence-electron chi connectivity index (χ0n) is 18.6. The Kier molecular flexibility index (Phi) is 6.95. The number of likely N-dealkylation sites (tertiary alicyclic amines) is 1. The Bertz CT molecular complexity index is 900. The number of nitrogens with zero attached hydrogens (tertiary/aromatic N) is 3. The molecule has 0 aliphatic carbocycles. The molecular weight excluding hydrogens is 382 g/mol. The summed E-state index contributed by atoms with van der Waals surface area (Å²) in [5.41, 5.74) is 4.07. The largest absolute Gasteiger partial charge is 0.464 e. The molecule has 8 nitrogen and oxygen atoms in total. The van der Waals surface area contributed by atoms with E-state index in [1.165, 1.54) is 0 Å². The first kappa shape index (κ1) is 22.1. The number of H-pyrrole nitrogens is 1. The van der Waals surface area contributed by atoms with Crippen molar-refractivity contribution in [3.05, 3.63) is 23.3 Å². The maximum Gasteiger partial charge on any atom is 0.328 e. The number of pyridine rings is 1. The van der Waals surface area contributed by atoms with Crippen LogP contribution < -0.4 is 5.32 Å². The topological polar surface area (TPSA) is 100 Å². The normalized spacial score (nSPS) is 16.1. The van der Waals surface area contributed by atoms with Gasteiger partial charge in [0.15, 0.2) is 0 Å². The van der Waals surface area contributed by atoms with Crippen molar-refractivity contribution in [3.8, 4) is 0 Å². The fraction of sp³-hybridized carbons (Fsp3) is 0.636. The van der Waals surface area contributed by atoms with E-state index < -0.39 is 6.04 Å². The number of hydrogen-bond acceptors (Lipinski definition) is 5. The number of aromatic amines is 1. The Morgan fingerprint density at radius 2 is 2.00 bits per heavy atom. The molecule has 3 rings (SSSR count). The monoisotopic (exact) mass is 415 g/mol. The number of aromatic nitrogens is 3. The van der Waals surface area contributed by atoms with Crippen LogP contribution in [0.2, 0.25) is 0 Å². The van der Waals surface area contributed by atoms with Gasteiger partial charge in [-0.15, -0.1) is 0 Å². The molecule has 0 bridgehead atoms. The van der Waals surface area contributed by atoms with E-state index in [0.717, 1.165) is 41.0 Å². The summed E-state index contributed by atoms with van der Waals surface area (Å²) in [5.74, 6) is 1.11. The van der Waals surface area contributed by atoms with E-state index in [9.17, 15) is 9.59 Å². The highest BCUT2D eigenvalue weighted by Crippen LogP contribution is 2.32. The molecule has 1 unspecified atom stereocenters. The number of carbonyl (C=O) groups is 2. The number of ether oxygens (including phenoxy) is 1. The average molecular weight is 416 g/mol. The Balaban J connectivity index is 1.64. The van der Waals surface area contributed by atoms with E-state index in [1.54, 1.807) is 11.8 Å². The van der Waals surface area contributed by atoms with Crippen LogP contribution in [0.1, 0.15) is 63.0 Å². The Hall–Kier alpha value is -2.64. The number of piperidine rings is 1. The van der Waals surface area contributed by atoms with Crippen LogP contribution in [0, 0.1) is 19.8 Å². The van der Waals surface area contributed by atoms with Crippen LogP contribution in [0.15, 0.2) is 6.20 Å². The van der Waals surface area contributed by atoms with E-state index in [0.29, 0.717) is 32.0 Å². The zero-order valence-corrected chi connectivity index (χ0v) is 18.6. The van der Waals surface area contributed by atoms with Gasteiger partial charge in [-0.25, -0.2) is 14.6 Å². The molecule has 2 aromatic heterocycles. The Labute approximate surface area is 177 Å². The van der Waals surface area contributed by atoms with Gasteiger partial charge in [0, 0.05) is 24.8 Å². The minimum absolute atomic E-state index is 0.199. The summed E-state index contributed by atoms with van der Waals surface area (Å²) < 4.78 is 5.13. The molecule has 164 valence electrons. The van der Waals surface area contributed by atoms with Gasteiger partial charge in [-0.3, -0.25) is 4.98 Å². The highest BCUT2D eigenvalue weighted by molar-refractivity contribution is 5.84. The SMILES string of the molecule is CCOC(=O)C(CC(C)C)NC(=O)N1CCC(c2cnc(C)c3[nH]c(C)nc23)CC1. The smallest absolute Gasteiger partial charge is 0.328 e. The summed E-state index contributed by atoms with van der Waals surface area (Å²) in [6.45, 7) is 11.3. The number of aryl methyl sites for hydroxylation is 2. The van der Waals surface area contributed by atoms with E-state index in [4.69, 9.17) is 4.74 Å². The number of fused-ring (bicyclic) bond motifs is 1. The molecule has 0 spiro atoms. The van der Waals surface area contributed by atoms with Crippen LogP contribution in [0.5, 0.6) is 0 Å². The molecule has 1 saturated heterocycles. The van der Waals surface area contributed by atoms with Crippen molar-refractivity contribution in [2.24, 2.45) is 5.92 Å². The number of urea groups is 1. The molecule has 3 heterocycles. The number of nitrogens with one attached hydrogen (secondary N) is 2. The Morgan fingerprint density at radius 3 is 2.63 bits per heavy atom. The molecule has 2 aromatic rings.